The Balaban J connectivity index is 1.60. The molecule has 174 valence electrons. The molecule has 0 fully saturated rings. The molecule has 3 aromatic rings. The first-order valence-corrected chi connectivity index (χ1v) is 11.1. The van der Waals surface area contributed by atoms with Crippen molar-refractivity contribution in [1.29, 1.82) is 0 Å². The fraction of sp³-hybridized carbons (Fsp3) is 0.222. The van der Waals surface area contributed by atoms with Gasteiger partial charge in [-0.15, -0.1) is 0 Å². The van der Waals surface area contributed by atoms with Crippen LogP contribution in [-0.2, 0) is 28.9 Å². The maximum absolute atomic E-state index is 12.8. The van der Waals surface area contributed by atoms with Crippen molar-refractivity contribution >= 4 is 23.3 Å². The second-order valence-corrected chi connectivity index (χ2v) is 8.37. The fourth-order valence-electron chi connectivity index (χ4n) is 4.28. The second kappa shape index (κ2) is 9.79. The number of ether oxygens (including phenoxy) is 1. The molecular weight excluding hydrogens is 434 g/mol. The van der Waals surface area contributed by atoms with Crippen LogP contribution < -0.4 is 10.1 Å². The van der Waals surface area contributed by atoms with Crippen molar-refractivity contribution in [2.24, 2.45) is 0 Å². The molecule has 3 N–H and O–H groups in total. The molecule has 0 bridgehead atoms. The number of ketones is 1. The van der Waals surface area contributed by atoms with E-state index in [0.29, 0.717) is 17.2 Å². The Hall–Kier alpha value is -4.13. The van der Waals surface area contributed by atoms with Crippen molar-refractivity contribution in [3.8, 4) is 17.2 Å². The summed E-state index contributed by atoms with van der Waals surface area (Å²) in [6.45, 7) is 1.85. The molecular formula is C27H25NO6. The normalized spacial score (nSPS) is 12.1. The molecule has 7 nitrogen and oxygen atoms in total. The standard InChI is InChI=1S/C27H25NO6/c1-16-12-22(28-25(31)15-26(32)33)19-8-5-9-20(19)27(16)34-18-10-11-23(29)21(14-18)24(30)13-17-6-3-2-4-7-17/h2-4,6-7,10-12,14,29H,5,8-9,13,15H2,1H3,(H,28,31)(H,32,33). The van der Waals surface area contributed by atoms with Gasteiger partial charge < -0.3 is 20.3 Å². The van der Waals surface area contributed by atoms with Crippen molar-refractivity contribution in [1.82, 2.24) is 0 Å². The molecule has 0 heterocycles. The van der Waals surface area contributed by atoms with E-state index in [2.05, 4.69) is 5.32 Å². The molecule has 0 radical (unpaired) electrons. The van der Waals surface area contributed by atoms with Gasteiger partial charge in [-0.25, -0.2) is 0 Å². The SMILES string of the molecule is Cc1cc(NC(=O)CC(=O)O)c2c(c1Oc1ccc(O)c(C(=O)Cc3ccccc3)c1)CCC2. The summed E-state index contributed by atoms with van der Waals surface area (Å²) in [4.78, 5) is 35.7. The number of hydrogen-bond acceptors (Lipinski definition) is 5. The number of carbonyl (C=O) groups is 3. The quantitative estimate of drug-likeness (QED) is 0.329. The molecule has 4 rings (SSSR count). The number of anilines is 1. The highest BCUT2D eigenvalue weighted by atomic mass is 16.5. The van der Waals surface area contributed by atoms with Crippen molar-refractivity contribution < 1.29 is 29.3 Å². The minimum Gasteiger partial charge on any atom is -0.507 e. The Labute approximate surface area is 197 Å². The lowest BCUT2D eigenvalue weighted by Gasteiger charge is -2.18. The summed E-state index contributed by atoms with van der Waals surface area (Å²) < 4.78 is 6.20. The highest BCUT2D eigenvalue weighted by Gasteiger charge is 2.24. The number of rotatable bonds is 8. The van der Waals surface area contributed by atoms with E-state index in [9.17, 15) is 19.5 Å². The number of aromatic hydroxyl groups is 1. The maximum atomic E-state index is 12.8. The summed E-state index contributed by atoms with van der Waals surface area (Å²) in [7, 11) is 0. The lowest BCUT2D eigenvalue weighted by molar-refractivity contribution is -0.139. The molecule has 3 aromatic carbocycles. The number of nitrogens with one attached hydrogen (secondary N) is 1. The van der Waals surface area contributed by atoms with Crippen LogP contribution in [0, 0.1) is 6.92 Å². The van der Waals surface area contributed by atoms with Crippen LogP contribution in [0.1, 0.15) is 45.5 Å². The van der Waals surface area contributed by atoms with Crippen molar-refractivity contribution in [3.63, 3.8) is 0 Å². The number of benzene rings is 3. The van der Waals surface area contributed by atoms with Crippen LogP contribution in [0.2, 0.25) is 0 Å². The number of fused-ring (bicyclic) bond motifs is 1. The van der Waals surface area contributed by atoms with Gasteiger partial charge in [0, 0.05) is 17.7 Å². The van der Waals surface area contributed by atoms with Crippen LogP contribution in [0.4, 0.5) is 5.69 Å². The second-order valence-electron chi connectivity index (χ2n) is 8.37. The zero-order valence-corrected chi connectivity index (χ0v) is 18.8. The Morgan fingerprint density at radius 3 is 2.47 bits per heavy atom. The predicted molar refractivity (Wildman–Crippen MR) is 127 cm³/mol. The van der Waals surface area contributed by atoms with E-state index in [4.69, 9.17) is 9.84 Å². The van der Waals surface area contributed by atoms with Gasteiger partial charge in [0.15, 0.2) is 5.78 Å². The lowest BCUT2D eigenvalue weighted by atomic mass is 10.0. The van der Waals surface area contributed by atoms with E-state index in [1.54, 1.807) is 18.2 Å². The molecule has 0 saturated heterocycles. The molecule has 34 heavy (non-hydrogen) atoms. The smallest absolute Gasteiger partial charge is 0.312 e. The molecule has 1 amide bonds. The van der Waals surface area contributed by atoms with Gasteiger partial charge in [0.1, 0.15) is 23.7 Å². The largest absolute Gasteiger partial charge is 0.507 e. The average molecular weight is 459 g/mol. The number of Topliss-reactive ketones (excluding diaryl/α,β-unsaturated/α-hetero) is 1. The molecule has 0 atom stereocenters. The third kappa shape index (κ3) is 5.09. The molecule has 0 aromatic heterocycles. The first-order valence-electron chi connectivity index (χ1n) is 11.1. The summed E-state index contributed by atoms with van der Waals surface area (Å²) in [6.07, 6.45) is 1.95. The fourth-order valence-corrected chi connectivity index (χ4v) is 4.28. The Morgan fingerprint density at radius 1 is 1.00 bits per heavy atom. The van der Waals surface area contributed by atoms with Crippen LogP contribution in [0.15, 0.2) is 54.6 Å². The topological polar surface area (TPSA) is 113 Å². The van der Waals surface area contributed by atoms with Gasteiger partial charge in [-0.3, -0.25) is 14.4 Å². The number of phenols is 1. The van der Waals surface area contributed by atoms with Crippen LogP contribution in [-0.4, -0.2) is 27.9 Å². The van der Waals surface area contributed by atoms with E-state index in [1.165, 1.54) is 6.07 Å². The van der Waals surface area contributed by atoms with Gasteiger partial charge in [0.2, 0.25) is 5.91 Å². The Bertz CT molecular complexity index is 1270. The average Bonchev–Trinajstić information content (AvgIpc) is 3.28. The highest BCUT2D eigenvalue weighted by molar-refractivity contribution is 6.02. The van der Waals surface area contributed by atoms with Crippen LogP contribution in [0.3, 0.4) is 0 Å². The minimum atomic E-state index is -1.18. The van der Waals surface area contributed by atoms with E-state index in [-0.39, 0.29) is 23.5 Å². The third-order valence-electron chi connectivity index (χ3n) is 5.82. The van der Waals surface area contributed by atoms with Crippen LogP contribution in [0.25, 0.3) is 0 Å². The summed E-state index contributed by atoms with van der Waals surface area (Å²) in [5, 5.41) is 21.8. The van der Waals surface area contributed by atoms with Gasteiger partial charge in [0.25, 0.3) is 0 Å². The number of phenolic OH excluding ortho intramolecular Hbond substituents is 1. The van der Waals surface area contributed by atoms with Gasteiger partial charge in [-0.1, -0.05) is 30.3 Å². The van der Waals surface area contributed by atoms with E-state index in [0.717, 1.165) is 41.5 Å². The summed E-state index contributed by atoms with van der Waals surface area (Å²) in [6, 6.07) is 15.7. The molecule has 0 aliphatic heterocycles. The van der Waals surface area contributed by atoms with Gasteiger partial charge >= 0.3 is 5.97 Å². The molecule has 0 unspecified atom stereocenters. The zero-order valence-electron chi connectivity index (χ0n) is 18.8. The lowest BCUT2D eigenvalue weighted by Crippen LogP contribution is -2.17. The summed E-state index contributed by atoms with van der Waals surface area (Å²) >= 11 is 0. The molecule has 0 saturated carbocycles. The number of carbonyl (C=O) groups excluding carboxylic acids is 2. The number of aliphatic carboxylic acids is 1. The monoisotopic (exact) mass is 459 g/mol. The molecule has 1 aliphatic rings. The Kier molecular flexibility index (Phi) is 6.63. The first kappa shape index (κ1) is 23.0. The highest BCUT2D eigenvalue weighted by Crippen LogP contribution is 2.41. The van der Waals surface area contributed by atoms with Crippen molar-refractivity contribution in [2.45, 2.75) is 39.0 Å². The first-order chi connectivity index (χ1) is 16.3. The van der Waals surface area contributed by atoms with Gasteiger partial charge in [-0.2, -0.15) is 0 Å². The Morgan fingerprint density at radius 2 is 1.74 bits per heavy atom. The maximum Gasteiger partial charge on any atom is 0.312 e. The number of amides is 1. The van der Waals surface area contributed by atoms with Crippen molar-refractivity contribution in [2.75, 3.05) is 5.32 Å². The molecule has 7 heteroatoms. The molecule has 1 aliphatic carbocycles. The van der Waals surface area contributed by atoms with E-state index >= 15 is 0 Å². The predicted octanol–water partition coefficient (Wildman–Crippen LogP) is 4.82. The third-order valence-corrected chi connectivity index (χ3v) is 5.82. The minimum absolute atomic E-state index is 0.105. The number of carboxylic acids is 1. The van der Waals surface area contributed by atoms with Gasteiger partial charge in [-0.05, 0) is 67.1 Å². The van der Waals surface area contributed by atoms with E-state index < -0.39 is 18.3 Å². The van der Waals surface area contributed by atoms with Crippen LogP contribution in [0.5, 0.6) is 17.2 Å². The number of aryl methyl sites for hydroxylation is 1. The van der Waals surface area contributed by atoms with E-state index in [1.807, 2.05) is 37.3 Å². The van der Waals surface area contributed by atoms with Crippen molar-refractivity contribution in [3.05, 3.63) is 82.4 Å². The number of hydrogen-bond donors (Lipinski definition) is 3. The summed E-state index contributed by atoms with van der Waals surface area (Å²) in [5.41, 5.74) is 4.31. The van der Waals surface area contributed by atoms with Crippen LogP contribution >= 0.6 is 0 Å². The summed E-state index contributed by atoms with van der Waals surface area (Å²) in [5.74, 6) is -1.00. The zero-order chi connectivity index (χ0) is 24.2. The van der Waals surface area contributed by atoms with Gasteiger partial charge in [0.05, 0.1) is 5.56 Å². The number of carboxylic acid groups (broad SMARTS) is 1. The molecule has 0 spiro atoms.